The van der Waals surface area contributed by atoms with Crippen LogP contribution in [-0.2, 0) is 9.53 Å². The second-order valence-corrected chi connectivity index (χ2v) is 4.93. The number of hydrogen-bond donors (Lipinski definition) is 0. The molecule has 0 radical (unpaired) electrons. The number of rotatable bonds is 7. The van der Waals surface area contributed by atoms with Crippen LogP contribution < -0.4 is 4.74 Å². The van der Waals surface area contributed by atoms with Crippen molar-refractivity contribution in [2.45, 2.75) is 6.92 Å². The third-order valence-electron chi connectivity index (χ3n) is 3.21. The maximum absolute atomic E-state index is 11.6. The molecule has 0 aliphatic carbocycles. The maximum atomic E-state index is 11.6. The molecule has 0 bridgehead atoms. The number of aryl methyl sites for hydroxylation is 1. The van der Waals surface area contributed by atoms with E-state index in [1.54, 1.807) is 18.2 Å². The minimum absolute atomic E-state index is 0.0653. The zero-order valence-electron chi connectivity index (χ0n) is 13.2. The van der Waals surface area contributed by atoms with Gasteiger partial charge in [0.05, 0.1) is 10.5 Å². The van der Waals surface area contributed by atoms with Crippen molar-refractivity contribution < 1.29 is 19.2 Å². The molecule has 124 valence electrons. The highest BCUT2D eigenvalue weighted by atomic mass is 16.6. The second-order valence-electron chi connectivity index (χ2n) is 4.93. The van der Waals surface area contributed by atoms with Crippen LogP contribution in [0.2, 0.25) is 0 Å². The average Bonchev–Trinajstić information content (AvgIpc) is 2.58. The molecule has 24 heavy (non-hydrogen) atoms. The summed E-state index contributed by atoms with van der Waals surface area (Å²) in [7, 11) is 0. The summed E-state index contributed by atoms with van der Waals surface area (Å²) in [6, 6.07) is 13.7. The summed E-state index contributed by atoms with van der Waals surface area (Å²) in [6.07, 6.45) is 2.53. The number of nitrogens with zero attached hydrogens (tertiary/aromatic N) is 1. The van der Waals surface area contributed by atoms with Gasteiger partial charge in [-0.15, -0.1) is 0 Å². The van der Waals surface area contributed by atoms with E-state index in [0.29, 0.717) is 5.56 Å². The molecule has 0 spiro atoms. The smallest absolute Gasteiger partial charge is 0.330 e. The summed E-state index contributed by atoms with van der Waals surface area (Å²) in [4.78, 5) is 22.0. The molecule has 2 rings (SSSR count). The standard InChI is InChI=1S/C18H17NO5/c1-14-6-2-5-9-17(14)23-12-13-24-18(20)11-10-15-7-3-4-8-16(15)19(21)22/h2-11H,12-13H2,1H3/b11-10+. The molecule has 2 aromatic rings. The molecule has 0 aliphatic heterocycles. The van der Waals surface area contributed by atoms with Gasteiger partial charge in [-0.2, -0.15) is 0 Å². The van der Waals surface area contributed by atoms with E-state index in [4.69, 9.17) is 9.47 Å². The first kappa shape index (κ1) is 17.2. The molecule has 6 heteroatoms. The largest absolute Gasteiger partial charge is 0.490 e. The van der Waals surface area contributed by atoms with Crippen LogP contribution in [0, 0.1) is 17.0 Å². The highest BCUT2D eigenvalue weighted by Crippen LogP contribution is 2.19. The van der Waals surface area contributed by atoms with Gasteiger partial charge >= 0.3 is 5.97 Å². The monoisotopic (exact) mass is 327 g/mol. The summed E-state index contributed by atoms with van der Waals surface area (Å²) >= 11 is 0. The lowest BCUT2D eigenvalue weighted by Gasteiger charge is -2.08. The third kappa shape index (κ3) is 4.95. The molecule has 0 unspecified atom stereocenters. The molecular formula is C18H17NO5. The first-order valence-electron chi connectivity index (χ1n) is 7.34. The number of nitro benzene ring substituents is 1. The van der Waals surface area contributed by atoms with Gasteiger partial charge in [-0.05, 0) is 30.7 Å². The van der Waals surface area contributed by atoms with Gasteiger partial charge in [-0.3, -0.25) is 10.1 Å². The summed E-state index contributed by atoms with van der Waals surface area (Å²) < 4.78 is 10.5. The van der Waals surface area contributed by atoms with Crippen LogP contribution in [0.25, 0.3) is 6.08 Å². The van der Waals surface area contributed by atoms with Crippen molar-refractivity contribution in [2.24, 2.45) is 0 Å². The fourth-order valence-electron chi connectivity index (χ4n) is 2.01. The predicted octanol–water partition coefficient (Wildman–Crippen LogP) is 3.54. The van der Waals surface area contributed by atoms with Gasteiger partial charge in [0.25, 0.3) is 5.69 Å². The molecule has 0 fully saturated rings. The van der Waals surface area contributed by atoms with Crippen molar-refractivity contribution in [1.29, 1.82) is 0 Å². The van der Waals surface area contributed by atoms with Crippen LogP contribution in [-0.4, -0.2) is 24.1 Å². The molecule has 0 saturated carbocycles. The van der Waals surface area contributed by atoms with Gasteiger partial charge in [0, 0.05) is 12.1 Å². The molecule has 0 amide bonds. The summed E-state index contributed by atoms with van der Waals surface area (Å²) in [5.74, 6) is 0.158. The van der Waals surface area contributed by atoms with Crippen LogP contribution in [0.4, 0.5) is 5.69 Å². The molecular weight excluding hydrogens is 310 g/mol. The molecule has 2 aromatic carbocycles. The summed E-state index contributed by atoms with van der Waals surface area (Å²) in [5.41, 5.74) is 1.28. The van der Waals surface area contributed by atoms with Crippen LogP contribution in [0.5, 0.6) is 5.75 Å². The average molecular weight is 327 g/mol. The van der Waals surface area contributed by atoms with E-state index in [1.807, 2.05) is 31.2 Å². The van der Waals surface area contributed by atoms with Crippen molar-refractivity contribution in [3.63, 3.8) is 0 Å². The Morgan fingerprint density at radius 3 is 2.58 bits per heavy atom. The first-order chi connectivity index (χ1) is 11.6. The van der Waals surface area contributed by atoms with E-state index in [-0.39, 0.29) is 18.9 Å². The molecule has 0 heterocycles. The molecule has 0 aliphatic rings. The molecule has 0 atom stereocenters. The Labute approximate surface area is 139 Å². The Balaban J connectivity index is 1.81. The van der Waals surface area contributed by atoms with Gasteiger partial charge < -0.3 is 9.47 Å². The second kappa shape index (κ2) is 8.47. The molecule has 6 nitrogen and oxygen atoms in total. The number of esters is 1. The van der Waals surface area contributed by atoms with E-state index < -0.39 is 10.9 Å². The zero-order valence-corrected chi connectivity index (χ0v) is 13.2. The van der Waals surface area contributed by atoms with Crippen molar-refractivity contribution in [3.05, 3.63) is 75.8 Å². The van der Waals surface area contributed by atoms with Crippen molar-refractivity contribution in [2.75, 3.05) is 13.2 Å². The van der Waals surface area contributed by atoms with E-state index in [2.05, 4.69) is 0 Å². The van der Waals surface area contributed by atoms with E-state index in [0.717, 1.165) is 17.4 Å². The van der Waals surface area contributed by atoms with Crippen LogP contribution in [0.1, 0.15) is 11.1 Å². The van der Waals surface area contributed by atoms with Gasteiger partial charge in [0.15, 0.2) is 0 Å². The number of carbonyl (C=O) groups excluding carboxylic acids is 1. The van der Waals surface area contributed by atoms with Crippen molar-refractivity contribution >= 4 is 17.7 Å². The highest BCUT2D eigenvalue weighted by molar-refractivity contribution is 5.87. The Bertz CT molecular complexity index is 755. The maximum Gasteiger partial charge on any atom is 0.330 e. The van der Waals surface area contributed by atoms with E-state index >= 15 is 0 Å². The topological polar surface area (TPSA) is 78.7 Å². The van der Waals surface area contributed by atoms with Crippen molar-refractivity contribution in [3.8, 4) is 5.75 Å². The number of para-hydroxylation sites is 2. The van der Waals surface area contributed by atoms with Crippen LogP contribution >= 0.6 is 0 Å². The highest BCUT2D eigenvalue weighted by Gasteiger charge is 2.09. The Morgan fingerprint density at radius 2 is 1.83 bits per heavy atom. The Hall–Kier alpha value is -3.15. The number of nitro groups is 1. The third-order valence-corrected chi connectivity index (χ3v) is 3.21. The fraction of sp³-hybridized carbons (Fsp3) is 0.167. The number of ether oxygens (including phenoxy) is 2. The predicted molar refractivity (Wildman–Crippen MR) is 89.8 cm³/mol. The number of benzene rings is 2. The van der Waals surface area contributed by atoms with Crippen molar-refractivity contribution in [1.82, 2.24) is 0 Å². The van der Waals surface area contributed by atoms with Crippen LogP contribution in [0.15, 0.2) is 54.6 Å². The Kier molecular flexibility index (Phi) is 6.08. The number of hydrogen-bond acceptors (Lipinski definition) is 5. The minimum atomic E-state index is -0.582. The fourth-order valence-corrected chi connectivity index (χ4v) is 2.01. The lowest BCUT2D eigenvalue weighted by atomic mass is 10.1. The van der Waals surface area contributed by atoms with Crippen LogP contribution in [0.3, 0.4) is 0 Å². The summed E-state index contributed by atoms with van der Waals surface area (Å²) in [5, 5.41) is 10.9. The quantitative estimate of drug-likeness (QED) is 0.255. The molecule has 0 N–H and O–H groups in total. The normalized spacial score (nSPS) is 10.5. The SMILES string of the molecule is Cc1ccccc1OCCOC(=O)/C=C/c1ccccc1[N+](=O)[O-]. The number of carbonyl (C=O) groups is 1. The molecule has 0 saturated heterocycles. The Morgan fingerprint density at radius 1 is 1.12 bits per heavy atom. The minimum Gasteiger partial charge on any atom is -0.490 e. The summed E-state index contributed by atoms with van der Waals surface area (Å²) in [6.45, 7) is 2.25. The molecule has 0 aromatic heterocycles. The first-order valence-corrected chi connectivity index (χ1v) is 7.34. The van der Waals surface area contributed by atoms with Gasteiger partial charge in [-0.1, -0.05) is 30.3 Å². The lowest BCUT2D eigenvalue weighted by Crippen LogP contribution is -2.10. The van der Waals surface area contributed by atoms with Gasteiger partial charge in [0.1, 0.15) is 19.0 Å². The van der Waals surface area contributed by atoms with E-state index in [9.17, 15) is 14.9 Å². The van der Waals surface area contributed by atoms with E-state index in [1.165, 1.54) is 12.1 Å². The zero-order chi connectivity index (χ0) is 17.4. The van der Waals surface area contributed by atoms with Gasteiger partial charge in [-0.25, -0.2) is 4.79 Å². The lowest BCUT2D eigenvalue weighted by molar-refractivity contribution is -0.385. The van der Waals surface area contributed by atoms with Gasteiger partial charge in [0.2, 0.25) is 0 Å².